The summed E-state index contributed by atoms with van der Waals surface area (Å²) in [7, 11) is -5.60. The molecule has 0 aliphatic rings. The summed E-state index contributed by atoms with van der Waals surface area (Å²) in [5, 5.41) is 9.74. The number of nitrogens with zero attached hydrogens (tertiary/aromatic N) is 1. The fourth-order valence-corrected chi connectivity index (χ4v) is 4.02. The van der Waals surface area contributed by atoms with Crippen LogP contribution in [0.3, 0.4) is 0 Å². The van der Waals surface area contributed by atoms with Gasteiger partial charge < -0.3 is 14.4 Å². The number of fused-ring (bicyclic) bond motifs is 1. The van der Waals surface area contributed by atoms with E-state index < -0.39 is 37.4 Å². The van der Waals surface area contributed by atoms with Crippen LogP contribution in [0.25, 0.3) is 10.8 Å². The van der Waals surface area contributed by atoms with Gasteiger partial charge in [0.05, 0.1) is 12.5 Å². The van der Waals surface area contributed by atoms with Crippen LogP contribution in [0, 0.1) is 11.3 Å². The van der Waals surface area contributed by atoms with E-state index >= 15 is 0 Å². The highest BCUT2D eigenvalue weighted by atomic mass is 79.9. The summed E-state index contributed by atoms with van der Waals surface area (Å²) in [4.78, 5) is 21.3. The Bertz CT molecular complexity index is 1050. The molecule has 1 N–H and O–H groups in total. The van der Waals surface area contributed by atoms with Crippen molar-refractivity contribution in [2.45, 2.75) is 38.5 Å². The molecule has 0 radical (unpaired) electrons. The van der Waals surface area contributed by atoms with E-state index in [1.165, 1.54) is 6.07 Å². The van der Waals surface area contributed by atoms with E-state index in [1.54, 1.807) is 39.0 Å². The van der Waals surface area contributed by atoms with Crippen LogP contribution in [0.5, 0.6) is 0 Å². The Kier molecular flexibility index (Phi) is 7.25. The van der Waals surface area contributed by atoms with Crippen molar-refractivity contribution in [1.29, 1.82) is 5.26 Å². The van der Waals surface area contributed by atoms with E-state index in [9.17, 15) is 23.0 Å². The Labute approximate surface area is 180 Å². The van der Waals surface area contributed by atoms with Gasteiger partial charge in [-0.05, 0) is 49.2 Å². The lowest BCUT2D eigenvalue weighted by Crippen LogP contribution is -2.25. The topological polar surface area (TPSA) is 106 Å². The molecule has 0 saturated carbocycles. The molecule has 0 aromatic heterocycles. The molecular formula is C19H19BrF2NO6P. The number of benzene rings is 2. The number of halogens is 3. The van der Waals surface area contributed by atoms with E-state index in [0.717, 1.165) is 6.07 Å². The summed E-state index contributed by atoms with van der Waals surface area (Å²) >= 11 is 2.99. The lowest BCUT2D eigenvalue weighted by molar-refractivity contribution is -0.0466. The van der Waals surface area contributed by atoms with Crippen molar-refractivity contribution in [2.75, 3.05) is 6.79 Å². The van der Waals surface area contributed by atoms with Crippen molar-refractivity contribution in [1.82, 2.24) is 0 Å². The van der Waals surface area contributed by atoms with Gasteiger partial charge in [-0.1, -0.05) is 34.1 Å². The van der Waals surface area contributed by atoms with Crippen molar-refractivity contribution in [3.63, 3.8) is 0 Å². The number of hydrogen-bond acceptors (Lipinski definition) is 6. The van der Waals surface area contributed by atoms with Crippen LogP contribution < -0.4 is 0 Å². The monoisotopic (exact) mass is 505 g/mol. The van der Waals surface area contributed by atoms with E-state index in [4.69, 9.17) is 10.00 Å². The number of hydrogen-bond donors (Lipinski definition) is 1. The van der Waals surface area contributed by atoms with Gasteiger partial charge >= 0.3 is 19.4 Å². The Morgan fingerprint density at radius 1 is 1.23 bits per heavy atom. The third-order valence-corrected chi connectivity index (χ3v) is 5.81. The van der Waals surface area contributed by atoms with Crippen molar-refractivity contribution >= 4 is 40.5 Å². The molecule has 0 aliphatic heterocycles. The second-order valence-electron chi connectivity index (χ2n) is 7.27. The Morgan fingerprint density at radius 2 is 1.90 bits per heavy atom. The minimum atomic E-state index is -5.60. The van der Waals surface area contributed by atoms with Gasteiger partial charge in [0.2, 0.25) is 6.79 Å². The van der Waals surface area contributed by atoms with E-state index in [-0.39, 0.29) is 10.9 Å². The summed E-state index contributed by atoms with van der Waals surface area (Å²) in [6.45, 7) is 3.47. The predicted octanol–water partition coefficient (Wildman–Crippen LogP) is 5.83. The van der Waals surface area contributed by atoms with Crippen LogP contribution in [0.4, 0.5) is 13.6 Å². The maximum Gasteiger partial charge on any atom is 0.510 e. The zero-order valence-corrected chi connectivity index (χ0v) is 18.8. The third-order valence-electron chi connectivity index (χ3n) is 3.75. The molecule has 0 amide bonds. The average molecular weight is 506 g/mol. The lowest BCUT2D eigenvalue weighted by atomic mass is 10.0. The number of nitriles is 1. The molecule has 2 rings (SSSR count). The van der Waals surface area contributed by atoms with Crippen LogP contribution in [0.1, 0.15) is 31.9 Å². The molecule has 30 heavy (non-hydrogen) atoms. The third kappa shape index (κ3) is 5.76. The van der Waals surface area contributed by atoms with E-state index in [2.05, 4.69) is 25.2 Å². The molecular weight excluding hydrogens is 487 g/mol. The number of carbonyl (C=O) groups excluding carboxylic acids is 1. The Hall–Kier alpha value is -2.05. The van der Waals surface area contributed by atoms with Gasteiger partial charge in [0, 0.05) is 10.0 Å². The highest BCUT2D eigenvalue weighted by Gasteiger charge is 2.54. The first kappa shape index (κ1) is 24.2. The molecule has 2 aromatic carbocycles. The highest BCUT2D eigenvalue weighted by Crippen LogP contribution is 2.64. The van der Waals surface area contributed by atoms with Crippen LogP contribution in [-0.2, 0) is 30.6 Å². The Balaban J connectivity index is 2.26. The molecule has 0 heterocycles. The molecule has 0 fully saturated rings. The maximum absolute atomic E-state index is 14.9. The van der Waals surface area contributed by atoms with Gasteiger partial charge in [-0.25, -0.2) is 4.79 Å². The standard InChI is InChI=1S/C19H19BrF2NO6P/c1-18(2,3)29-17(24)27-11-28-30(25,26)19(21,22)15-9-14-8-12(6-7-23)4-5-13(14)10-16(15)20/h4-5,8-10H,6,11H2,1-3H3,(H,25,26). The summed E-state index contributed by atoms with van der Waals surface area (Å²) in [6.07, 6.45) is -1.15. The average Bonchev–Trinajstić information content (AvgIpc) is 2.59. The van der Waals surface area contributed by atoms with Crippen molar-refractivity contribution < 1.29 is 37.0 Å². The van der Waals surface area contributed by atoms with Crippen LogP contribution in [-0.4, -0.2) is 23.4 Å². The van der Waals surface area contributed by atoms with Gasteiger partial charge in [-0.15, -0.1) is 0 Å². The zero-order chi connectivity index (χ0) is 22.7. The summed E-state index contributed by atoms with van der Waals surface area (Å²) < 4.78 is 55.4. The van der Waals surface area contributed by atoms with E-state index in [1.807, 2.05) is 6.07 Å². The summed E-state index contributed by atoms with van der Waals surface area (Å²) in [5.41, 5.74) is -5.39. The number of ether oxygens (including phenoxy) is 2. The van der Waals surface area contributed by atoms with Gasteiger partial charge in [0.15, 0.2) is 0 Å². The molecule has 7 nitrogen and oxygen atoms in total. The second-order valence-corrected chi connectivity index (χ2v) is 9.98. The van der Waals surface area contributed by atoms with Gasteiger partial charge in [0.25, 0.3) is 0 Å². The number of alkyl halides is 2. The summed E-state index contributed by atoms with van der Waals surface area (Å²) in [5.74, 6) is 0. The molecule has 0 bridgehead atoms. The molecule has 0 spiro atoms. The zero-order valence-electron chi connectivity index (χ0n) is 16.3. The fourth-order valence-electron chi connectivity index (χ4n) is 2.41. The second kappa shape index (κ2) is 8.98. The quantitative estimate of drug-likeness (QED) is 0.299. The minimum absolute atomic E-state index is 0.0847. The molecule has 162 valence electrons. The molecule has 1 unspecified atom stereocenters. The normalized spacial score (nSPS) is 14.1. The van der Waals surface area contributed by atoms with Gasteiger partial charge in [-0.3, -0.25) is 9.09 Å². The van der Waals surface area contributed by atoms with E-state index in [0.29, 0.717) is 16.3 Å². The highest BCUT2D eigenvalue weighted by molar-refractivity contribution is 9.10. The van der Waals surface area contributed by atoms with Crippen LogP contribution in [0.15, 0.2) is 34.8 Å². The molecule has 0 saturated heterocycles. The first-order chi connectivity index (χ1) is 13.8. The van der Waals surface area contributed by atoms with Crippen LogP contribution in [0.2, 0.25) is 0 Å². The largest absolute Gasteiger partial charge is 0.510 e. The van der Waals surface area contributed by atoms with Crippen molar-refractivity contribution in [2.24, 2.45) is 0 Å². The first-order valence-corrected chi connectivity index (χ1v) is 10.9. The van der Waals surface area contributed by atoms with Crippen molar-refractivity contribution in [3.05, 3.63) is 45.9 Å². The summed E-state index contributed by atoms with van der Waals surface area (Å²) in [6, 6.07) is 9.25. The lowest BCUT2D eigenvalue weighted by Gasteiger charge is -2.24. The maximum atomic E-state index is 14.9. The molecule has 1 atom stereocenters. The SMILES string of the molecule is CC(C)(C)OC(=O)OCOP(=O)(O)C(F)(F)c1cc2cc(CC#N)ccc2cc1Br. The Morgan fingerprint density at radius 3 is 2.50 bits per heavy atom. The minimum Gasteiger partial charge on any atom is -0.429 e. The van der Waals surface area contributed by atoms with Gasteiger partial charge in [-0.2, -0.15) is 14.0 Å². The number of carbonyl (C=O) groups is 1. The van der Waals surface area contributed by atoms with Gasteiger partial charge in [0.1, 0.15) is 5.60 Å². The number of rotatable bonds is 6. The smallest absolute Gasteiger partial charge is 0.429 e. The predicted molar refractivity (Wildman–Crippen MR) is 108 cm³/mol. The van der Waals surface area contributed by atoms with Crippen molar-refractivity contribution in [3.8, 4) is 6.07 Å². The fraction of sp³-hybridized carbons (Fsp3) is 0.368. The molecule has 11 heteroatoms. The molecule has 0 aliphatic carbocycles. The van der Waals surface area contributed by atoms with Crippen LogP contribution >= 0.6 is 23.5 Å². The molecule has 2 aromatic rings. The first-order valence-electron chi connectivity index (χ1n) is 8.57.